The van der Waals surface area contributed by atoms with Gasteiger partial charge in [0, 0.05) is 35.7 Å². The lowest BCUT2D eigenvalue weighted by Gasteiger charge is -1.96. The van der Waals surface area contributed by atoms with Crippen molar-refractivity contribution in [2.75, 3.05) is 0 Å². The van der Waals surface area contributed by atoms with Gasteiger partial charge in [-0.05, 0) is 24.3 Å². The van der Waals surface area contributed by atoms with Gasteiger partial charge >= 0.3 is 0 Å². The lowest BCUT2D eigenvalue weighted by Crippen LogP contribution is -1.91. The highest BCUT2D eigenvalue weighted by atomic mass is 32.1. The lowest BCUT2D eigenvalue weighted by molar-refractivity contribution is -0.384. The van der Waals surface area contributed by atoms with E-state index >= 15 is 0 Å². The van der Waals surface area contributed by atoms with Crippen molar-refractivity contribution in [3.8, 4) is 22.0 Å². The molecule has 0 bridgehead atoms. The number of benzene rings is 1. The molecule has 0 amide bonds. The second-order valence-electron chi connectivity index (χ2n) is 4.67. The molecular formula is C14H8N6O2S. The Hall–Kier alpha value is -3.20. The van der Waals surface area contributed by atoms with Gasteiger partial charge in [0.05, 0.1) is 4.92 Å². The summed E-state index contributed by atoms with van der Waals surface area (Å²) in [6.07, 6.45) is 3.36. The minimum Gasteiger partial charge on any atom is -0.265 e. The Kier molecular flexibility index (Phi) is 3.05. The molecule has 0 radical (unpaired) electrons. The third-order valence-corrected chi connectivity index (χ3v) is 4.20. The third-order valence-electron chi connectivity index (χ3n) is 3.25. The van der Waals surface area contributed by atoms with Crippen LogP contribution in [0.15, 0.2) is 48.8 Å². The molecule has 4 aromatic rings. The van der Waals surface area contributed by atoms with Crippen LogP contribution in [0.5, 0.6) is 0 Å². The second-order valence-corrected chi connectivity index (χ2v) is 5.62. The highest BCUT2D eigenvalue weighted by molar-refractivity contribution is 7.19. The maximum atomic E-state index is 10.7. The van der Waals surface area contributed by atoms with Gasteiger partial charge in [0.15, 0.2) is 5.82 Å². The van der Waals surface area contributed by atoms with Crippen LogP contribution in [0.2, 0.25) is 0 Å². The topological polar surface area (TPSA) is 99.1 Å². The number of nitro groups is 1. The monoisotopic (exact) mass is 324 g/mol. The first-order valence-electron chi connectivity index (χ1n) is 6.60. The first-order valence-corrected chi connectivity index (χ1v) is 7.41. The van der Waals surface area contributed by atoms with Crippen molar-refractivity contribution in [1.29, 1.82) is 0 Å². The fraction of sp³-hybridized carbons (Fsp3) is 0. The van der Waals surface area contributed by atoms with E-state index in [0.717, 1.165) is 16.1 Å². The van der Waals surface area contributed by atoms with E-state index in [-0.39, 0.29) is 5.69 Å². The highest BCUT2D eigenvalue weighted by Crippen LogP contribution is 2.28. The summed E-state index contributed by atoms with van der Waals surface area (Å²) < 4.78 is 1.66. The maximum absolute atomic E-state index is 10.7. The van der Waals surface area contributed by atoms with E-state index in [2.05, 4.69) is 20.3 Å². The van der Waals surface area contributed by atoms with Gasteiger partial charge in [0.1, 0.15) is 5.01 Å². The quantitative estimate of drug-likeness (QED) is 0.424. The average molecular weight is 324 g/mol. The number of fused-ring (bicyclic) bond motifs is 1. The molecule has 1 aromatic carbocycles. The summed E-state index contributed by atoms with van der Waals surface area (Å²) in [5, 5.41) is 24.2. The molecule has 0 aliphatic rings. The number of nitrogens with zero attached hydrogens (tertiary/aromatic N) is 6. The van der Waals surface area contributed by atoms with Gasteiger partial charge < -0.3 is 0 Å². The van der Waals surface area contributed by atoms with Crippen molar-refractivity contribution in [2.45, 2.75) is 0 Å². The van der Waals surface area contributed by atoms with E-state index < -0.39 is 4.92 Å². The summed E-state index contributed by atoms with van der Waals surface area (Å²) in [6, 6.07) is 9.94. The molecule has 112 valence electrons. The Labute approximate surface area is 133 Å². The molecule has 0 aliphatic carbocycles. The van der Waals surface area contributed by atoms with Gasteiger partial charge in [0.2, 0.25) is 4.96 Å². The molecule has 0 atom stereocenters. The molecule has 0 saturated carbocycles. The molecule has 3 heterocycles. The van der Waals surface area contributed by atoms with Crippen molar-refractivity contribution in [3.63, 3.8) is 0 Å². The van der Waals surface area contributed by atoms with Crippen molar-refractivity contribution in [3.05, 3.63) is 58.9 Å². The SMILES string of the molecule is O=[N+]([O-])c1ccc(-c2nn3c(-c4ccncc4)nnc3s2)cc1. The van der Waals surface area contributed by atoms with Gasteiger partial charge in [-0.2, -0.15) is 9.61 Å². The van der Waals surface area contributed by atoms with Crippen molar-refractivity contribution >= 4 is 22.0 Å². The Morgan fingerprint density at radius 3 is 2.43 bits per heavy atom. The molecule has 3 aromatic heterocycles. The molecule has 8 nitrogen and oxygen atoms in total. The number of pyridine rings is 1. The zero-order valence-electron chi connectivity index (χ0n) is 11.5. The van der Waals surface area contributed by atoms with Gasteiger partial charge in [-0.25, -0.2) is 0 Å². The largest absolute Gasteiger partial charge is 0.269 e. The van der Waals surface area contributed by atoms with Crippen LogP contribution in [0.3, 0.4) is 0 Å². The van der Waals surface area contributed by atoms with Crippen LogP contribution in [-0.4, -0.2) is 29.7 Å². The van der Waals surface area contributed by atoms with E-state index in [1.165, 1.54) is 23.5 Å². The van der Waals surface area contributed by atoms with Crippen LogP contribution in [0, 0.1) is 10.1 Å². The van der Waals surface area contributed by atoms with Gasteiger partial charge in [-0.1, -0.05) is 11.3 Å². The molecule has 23 heavy (non-hydrogen) atoms. The van der Waals surface area contributed by atoms with Crippen molar-refractivity contribution in [1.82, 2.24) is 24.8 Å². The summed E-state index contributed by atoms with van der Waals surface area (Å²) in [5.74, 6) is 0.631. The van der Waals surface area contributed by atoms with Gasteiger partial charge in [-0.15, -0.1) is 10.2 Å². The molecule has 0 aliphatic heterocycles. The minimum atomic E-state index is -0.427. The molecule has 0 unspecified atom stereocenters. The normalized spacial score (nSPS) is 11.0. The Morgan fingerprint density at radius 2 is 1.74 bits per heavy atom. The van der Waals surface area contributed by atoms with Crippen LogP contribution in [0.25, 0.3) is 26.9 Å². The third kappa shape index (κ3) is 2.32. The Bertz CT molecular complexity index is 993. The van der Waals surface area contributed by atoms with Crippen LogP contribution in [0.4, 0.5) is 5.69 Å². The molecule has 0 spiro atoms. The predicted molar refractivity (Wildman–Crippen MR) is 84.0 cm³/mol. The Morgan fingerprint density at radius 1 is 1.00 bits per heavy atom. The molecule has 0 fully saturated rings. The highest BCUT2D eigenvalue weighted by Gasteiger charge is 2.15. The number of nitro benzene ring substituents is 1. The summed E-state index contributed by atoms with van der Waals surface area (Å²) in [6.45, 7) is 0. The number of non-ortho nitro benzene ring substituents is 1. The van der Waals surface area contributed by atoms with Crippen molar-refractivity contribution < 1.29 is 4.92 Å². The molecular weight excluding hydrogens is 316 g/mol. The minimum absolute atomic E-state index is 0.0502. The second kappa shape index (κ2) is 5.21. The summed E-state index contributed by atoms with van der Waals surface area (Å²) >= 11 is 1.37. The standard InChI is InChI=1S/C14H8N6O2S/c21-20(22)11-3-1-10(2-4-11)13-18-19-12(16-17-14(19)23-13)9-5-7-15-8-6-9/h1-8H. The van der Waals surface area contributed by atoms with Crippen molar-refractivity contribution in [2.24, 2.45) is 0 Å². The fourth-order valence-corrected chi connectivity index (χ4v) is 2.99. The Balaban J connectivity index is 1.78. The molecule has 4 rings (SSSR count). The van der Waals surface area contributed by atoms with Crippen LogP contribution in [0.1, 0.15) is 0 Å². The first kappa shape index (κ1) is 13.5. The smallest absolute Gasteiger partial charge is 0.265 e. The molecule has 0 saturated heterocycles. The van der Waals surface area contributed by atoms with E-state index in [9.17, 15) is 10.1 Å². The number of aromatic nitrogens is 5. The summed E-state index contributed by atoms with van der Waals surface area (Å²) in [7, 11) is 0. The maximum Gasteiger partial charge on any atom is 0.269 e. The summed E-state index contributed by atoms with van der Waals surface area (Å²) in [5.41, 5.74) is 1.72. The van der Waals surface area contributed by atoms with Crippen LogP contribution < -0.4 is 0 Å². The average Bonchev–Trinajstić information content (AvgIpc) is 3.16. The predicted octanol–water partition coefficient (Wildman–Crippen LogP) is 2.82. The zero-order chi connectivity index (χ0) is 15.8. The first-order chi connectivity index (χ1) is 11.2. The van der Waals surface area contributed by atoms with Crippen LogP contribution in [-0.2, 0) is 0 Å². The van der Waals surface area contributed by atoms with Gasteiger partial charge in [-0.3, -0.25) is 15.1 Å². The number of rotatable bonds is 3. The van der Waals surface area contributed by atoms with E-state index in [0.29, 0.717) is 10.8 Å². The zero-order valence-corrected chi connectivity index (χ0v) is 12.3. The number of hydrogen-bond donors (Lipinski definition) is 0. The fourth-order valence-electron chi connectivity index (χ4n) is 2.14. The van der Waals surface area contributed by atoms with E-state index in [4.69, 9.17) is 0 Å². The molecule has 9 heteroatoms. The summed E-state index contributed by atoms with van der Waals surface area (Å²) in [4.78, 5) is 14.9. The molecule has 0 N–H and O–H groups in total. The van der Waals surface area contributed by atoms with Crippen LogP contribution >= 0.6 is 11.3 Å². The number of hydrogen-bond acceptors (Lipinski definition) is 7. The van der Waals surface area contributed by atoms with E-state index in [1.54, 1.807) is 29.0 Å². The van der Waals surface area contributed by atoms with E-state index in [1.807, 2.05) is 12.1 Å². The van der Waals surface area contributed by atoms with Gasteiger partial charge in [0.25, 0.3) is 5.69 Å². The lowest BCUT2D eigenvalue weighted by atomic mass is 10.2.